The quantitative estimate of drug-likeness (QED) is 0.628. The number of carbonyl (C=O) groups excluding carboxylic acids is 2. The number of hydrogen-bond acceptors (Lipinski definition) is 7. The number of nitrogens with one attached hydrogen (secondary N) is 1. The number of ether oxygens (including phenoxy) is 3. The van der Waals surface area contributed by atoms with E-state index in [1.54, 1.807) is 0 Å². The first-order valence-electron chi connectivity index (χ1n) is 9.64. The molecule has 2 aromatic rings. The minimum Gasteiger partial charge on any atom is -0.486 e. The third-order valence-corrected chi connectivity index (χ3v) is 6.08. The van der Waals surface area contributed by atoms with E-state index in [-0.39, 0.29) is 57.3 Å². The van der Waals surface area contributed by atoms with E-state index in [2.05, 4.69) is 15.3 Å². The summed E-state index contributed by atoms with van der Waals surface area (Å²) < 4.78 is 29.1. The van der Waals surface area contributed by atoms with Crippen molar-refractivity contribution in [2.45, 2.75) is 31.2 Å². The van der Waals surface area contributed by atoms with Crippen LogP contribution in [-0.4, -0.2) is 48.0 Å². The van der Waals surface area contributed by atoms with Crippen LogP contribution < -0.4 is 19.5 Å². The molecule has 8 nitrogen and oxygen atoms in total. The van der Waals surface area contributed by atoms with Crippen LogP contribution >= 0.6 is 11.6 Å². The van der Waals surface area contributed by atoms with Crippen LogP contribution in [-0.2, 0) is 4.79 Å². The van der Waals surface area contributed by atoms with Gasteiger partial charge in [-0.2, -0.15) is 0 Å². The van der Waals surface area contributed by atoms with E-state index in [0.717, 1.165) is 6.07 Å². The molecule has 10 heteroatoms. The number of benzene rings is 1. The number of halogens is 2. The Kier molecular flexibility index (Phi) is 5.47. The standard InChI is InChI=1S/C21H21ClFN3O5/c1-29-18-16(19(30-2)25-11-24-18)17(28)26-21-8-20(9-21,10-21)6-12(27)7-31-13-3-4-14(22)15(23)5-13/h3-5,11H,6-10H2,1-2H3,(H,26,28). The van der Waals surface area contributed by atoms with Gasteiger partial charge in [0.2, 0.25) is 11.8 Å². The van der Waals surface area contributed by atoms with Gasteiger partial charge in [0.1, 0.15) is 24.5 Å². The molecule has 3 saturated carbocycles. The van der Waals surface area contributed by atoms with Crippen molar-refractivity contribution in [2.24, 2.45) is 5.41 Å². The number of rotatable bonds is 9. The Labute approximate surface area is 183 Å². The van der Waals surface area contributed by atoms with Gasteiger partial charge in [0.25, 0.3) is 5.91 Å². The van der Waals surface area contributed by atoms with Gasteiger partial charge in [-0.1, -0.05) is 11.6 Å². The summed E-state index contributed by atoms with van der Waals surface area (Å²) in [7, 11) is 2.83. The van der Waals surface area contributed by atoms with Crippen LogP contribution in [0.3, 0.4) is 0 Å². The summed E-state index contributed by atoms with van der Waals surface area (Å²) in [5.74, 6) is -0.518. The highest BCUT2D eigenvalue weighted by Gasteiger charge is 2.68. The molecule has 3 fully saturated rings. The van der Waals surface area contributed by atoms with Crippen molar-refractivity contribution in [1.82, 2.24) is 15.3 Å². The second-order valence-electron chi connectivity index (χ2n) is 8.11. The van der Waals surface area contributed by atoms with Crippen molar-refractivity contribution >= 4 is 23.3 Å². The molecule has 1 aromatic heterocycles. The van der Waals surface area contributed by atoms with Crippen molar-refractivity contribution in [1.29, 1.82) is 0 Å². The Bertz CT molecular complexity index is 1010. The number of hydrogen-bond donors (Lipinski definition) is 1. The molecule has 0 radical (unpaired) electrons. The molecule has 3 aliphatic rings. The monoisotopic (exact) mass is 449 g/mol. The normalized spacial score (nSPS) is 23.2. The number of carbonyl (C=O) groups is 2. The smallest absolute Gasteiger partial charge is 0.262 e. The maximum Gasteiger partial charge on any atom is 0.262 e. The molecule has 0 unspecified atom stereocenters. The van der Waals surface area contributed by atoms with Gasteiger partial charge >= 0.3 is 0 Å². The zero-order valence-corrected chi connectivity index (χ0v) is 17.8. The average Bonchev–Trinajstić information content (AvgIpc) is 2.71. The molecule has 1 N–H and O–H groups in total. The lowest BCUT2D eigenvalue weighted by Gasteiger charge is -2.70. The van der Waals surface area contributed by atoms with Gasteiger partial charge in [-0.05, 0) is 36.8 Å². The maximum absolute atomic E-state index is 13.5. The first-order chi connectivity index (χ1) is 14.8. The first kappa shape index (κ1) is 21.3. The van der Waals surface area contributed by atoms with Crippen molar-refractivity contribution in [2.75, 3.05) is 20.8 Å². The molecule has 0 atom stereocenters. The highest BCUT2D eigenvalue weighted by Crippen LogP contribution is 2.69. The van der Waals surface area contributed by atoms with Gasteiger partial charge in [-0.3, -0.25) is 9.59 Å². The summed E-state index contributed by atoms with van der Waals surface area (Å²) >= 11 is 5.64. The number of ketones is 1. The Hall–Kier alpha value is -2.94. The van der Waals surface area contributed by atoms with Crippen molar-refractivity contribution in [3.63, 3.8) is 0 Å². The molecule has 0 aliphatic heterocycles. The van der Waals surface area contributed by atoms with Gasteiger partial charge in [0.15, 0.2) is 11.3 Å². The molecular formula is C21H21ClFN3O5. The van der Waals surface area contributed by atoms with Crippen LogP contribution in [0, 0.1) is 11.2 Å². The summed E-state index contributed by atoms with van der Waals surface area (Å²) in [5.41, 5.74) is -0.324. The highest BCUT2D eigenvalue weighted by atomic mass is 35.5. The molecule has 2 bridgehead atoms. The summed E-state index contributed by atoms with van der Waals surface area (Å²) in [6.07, 6.45) is 3.71. The Morgan fingerprint density at radius 3 is 2.39 bits per heavy atom. The van der Waals surface area contributed by atoms with Crippen LogP contribution in [0.1, 0.15) is 36.0 Å². The third-order valence-electron chi connectivity index (χ3n) is 5.77. The number of amides is 1. The summed E-state index contributed by atoms with van der Waals surface area (Å²) in [6, 6.07) is 4.04. The van der Waals surface area contributed by atoms with Crippen molar-refractivity contribution < 1.29 is 28.2 Å². The molecule has 3 aliphatic carbocycles. The number of methoxy groups -OCH3 is 2. The molecule has 0 saturated heterocycles. The minimum absolute atomic E-state index is 0.00260. The lowest BCUT2D eigenvalue weighted by atomic mass is 9.38. The zero-order valence-electron chi connectivity index (χ0n) is 17.0. The van der Waals surface area contributed by atoms with Crippen LogP contribution in [0.2, 0.25) is 5.02 Å². The van der Waals surface area contributed by atoms with Gasteiger partial charge in [-0.25, -0.2) is 14.4 Å². The fourth-order valence-electron chi connectivity index (χ4n) is 4.68. The second kappa shape index (κ2) is 7.96. The van der Waals surface area contributed by atoms with E-state index < -0.39 is 5.82 Å². The fraction of sp³-hybridized carbons (Fsp3) is 0.429. The van der Waals surface area contributed by atoms with Crippen molar-refractivity contribution in [3.8, 4) is 17.5 Å². The van der Waals surface area contributed by atoms with Crippen LogP contribution in [0.4, 0.5) is 4.39 Å². The van der Waals surface area contributed by atoms with Crippen LogP contribution in [0.15, 0.2) is 24.5 Å². The molecule has 0 spiro atoms. The Morgan fingerprint density at radius 1 is 1.16 bits per heavy atom. The van der Waals surface area contributed by atoms with Gasteiger partial charge < -0.3 is 19.5 Å². The molecule has 1 heterocycles. The lowest BCUT2D eigenvalue weighted by molar-refractivity contribution is -0.162. The predicted octanol–water partition coefficient (Wildman–Crippen LogP) is 2.98. The molecule has 5 rings (SSSR count). The lowest BCUT2D eigenvalue weighted by Crippen LogP contribution is -2.75. The average molecular weight is 450 g/mol. The van der Waals surface area contributed by atoms with Crippen LogP contribution in [0.5, 0.6) is 17.5 Å². The Balaban J connectivity index is 1.29. The van der Waals surface area contributed by atoms with E-state index in [0.29, 0.717) is 25.7 Å². The van der Waals surface area contributed by atoms with E-state index in [9.17, 15) is 14.0 Å². The van der Waals surface area contributed by atoms with Crippen molar-refractivity contribution in [3.05, 3.63) is 40.9 Å². The zero-order chi connectivity index (χ0) is 22.2. The van der Waals surface area contributed by atoms with Gasteiger partial charge in [-0.15, -0.1) is 0 Å². The maximum atomic E-state index is 13.5. The molecule has 31 heavy (non-hydrogen) atoms. The molecule has 1 amide bonds. The largest absolute Gasteiger partial charge is 0.486 e. The van der Waals surface area contributed by atoms with E-state index in [1.165, 1.54) is 32.7 Å². The number of aromatic nitrogens is 2. The molecular weight excluding hydrogens is 429 g/mol. The minimum atomic E-state index is -0.596. The Morgan fingerprint density at radius 2 is 1.81 bits per heavy atom. The molecule has 164 valence electrons. The summed E-state index contributed by atoms with van der Waals surface area (Å²) in [4.78, 5) is 33.0. The number of Topliss-reactive ketones (excluding diaryl/α,β-unsaturated/α-hetero) is 1. The first-order valence-corrected chi connectivity index (χ1v) is 10.0. The third kappa shape index (κ3) is 4.01. The van der Waals surface area contributed by atoms with E-state index >= 15 is 0 Å². The second-order valence-corrected chi connectivity index (χ2v) is 8.52. The van der Waals surface area contributed by atoms with Gasteiger partial charge in [0.05, 0.1) is 19.2 Å². The molecule has 1 aromatic carbocycles. The number of nitrogens with zero attached hydrogens (tertiary/aromatic N) is 2. The van der Waals surface area contributed by atoms with Crippen LogP contribution in [0.25, 0.3) is 0 Å². The topological polar surface area (TPSA) is 99.6 Å². The van der Waals surface area contributed by atoms with E-state index in [4.69, 9.17) is 25.8 Å². The highest BCUT2D eigenvalue weighted by molar-refractivity contribution is 6.30. The summed E-state index contributed by atoms with van der Waals surface area (Å²) in [5, 5.41) is 3.01. The summed E-state index contributed by atoms with van der Waals surface area (Å²) in [6.45, 7) is -0.141. The SMILES string of the molecule is COc1ncnc(OC)c1C(=O)NC12CC(CC(=O)COc3ccc(Cl)c(F)c3)(C1)C2. The fourth-order valence-corrected chi connectivity index (χ4v) is 4.80. The van der Waals surface area contributed by atoms with Gasteiger partial charge in [0, 0.05) is 18.0 Å². The predicted molar refractivity (Wildman–Crippen MR) is 108 cm³/mol. The van der Waals surface area contributed by atoms with E-state index in [1.807, 2.05) is 0 Å².